The maximum absolute atomic E-state index is 13.4. The summed E-state index contributed by atoms with van der Waals surface area (Å²) in [5.74, 6) is -1.86. The van der Waals surface area contributed by atoms with Gasteiger partial charge < -0.3 is 24.4 Å². The number of halogens is 3. The number of nitrogens with one attached hydrogen (secondary N) is 1. The fraction of sp³-hybridized carbons (Fsp3) is 0.565. The van der Waals surface area contributed by atoms with Gasteiger partial charge in [0.15, 0.2) is 0 Å². The topological polar surface area (TPSA) is 101 Å². The second-order valence-electron chi connectivity index (χ2n) is 9.63. The number of morpholine rings is 1. The van der Waals surface area contributed by atoms with Gasteiger partial charge in [-0.1, -0.05) is 30.1 Å². The first-order valence-electron chi connectivity index (χ1n) is 11.8. The molecule has 2 bridgehead atoms. The first-order chi connectivity index (χ1) is 16.8. The van der Waals surface area contributed by atoms with E-state index in [2.05, 4.69) is 20.0 Å². The SMILES string of the molecule is O=C(N[C@@H]1CCCC[C@H]1N1Cc2ccc(-c3noc(C(F)(F)F)n3)cc2C1=O)N1CC2CC1CO2. The fourth-order valence-electron chi connectivity index (χ4n) is 5.73. The number of alkyl halides is 3. The van der Waals surface area contributed by atoms with E-state index in [9.17, 15) is 22.8 Å². The molecule has 35 heavy (non-hydrogen) atoms. The van der Waals surface area contributed by atoms with Gasteiger partial charge in [0.1, 0.15) is 0 Å². The van der Waals surface area contributed by atoms with Crippen molar-refractivity contribution in [2.75, 3.05) is 13.2 Å². The summed E-state index contributed by atoms with van der Waals surface area (Å²) >= 11 is 0. The summed E-state index contributed by atoms with van der Waals surface area (Å²) < 4.78 is 48.4. The number of rotatable bonds is 3. The lowest BCUT2D eigenvalue weighted by molar-refractivity contribution is -0.159. The van der Waals surface area contributed by atoms with Gasteiger partial charge in [0.25, 0.3) is 5.91 Å². The Hall–Kier alpha value is -3.15. The lowest BCUT2D eigenvalue weighted by Crippen LogP contribution is -2.57. The molecule has 12 heteroatoms. The zero-order valence-corrected chi connectivity index (χ0v) is 18.8. The number of hydrogen-bond acceptors (Lipinski definition) is 6. The Labute approximate surface area is 198 Å². The molecule has 1 aromatic carbocycles. The summed E-state index contributed by atoms with van der Waals surface area (Å²) in [6, 6.07) is 4.49. The summed E-state index contributed by atoms with van der Waals surface area (Å²) in [6.07, 6.45) is -0.285. The molecule has 1 N–H and O–H groups in total. The van der Waals surface area contributed by atoms with E-state index in [0.29, 0.717) is 25.3 Å². The molecule has 4 heterocycles. The molecule has 186 valence electrons. The molecule has 2 unspecified atom stereocenters. The smallest absolute Gasteiger partial charge is 0.374 e. The Morgan fingerprint density at radius 1 is 1.20 bits per heavy atom. The quantitative estimate of drug-likeness (QED) is 0.708. The van der Waals surface area contributed by atoms with E-state index in [1.807, 2.05) is 4.90 Å². The van der Waals surface area contributed by atoms with E-state index in [1.165, 1.54) is 6.07 Å². The Morgan fingerprint density at radius 2 is 2.03 bits per heavy atom. The summed E-state index contributed by atoms with van der Waals surface area (Å²) in [5, 5.41) is 6.59. The molecule has 1 aliphatic carbocycles. The molecule has 6 rings (SSSR count). The normalized spacial score (nSPS) is 28.0. The van der Waals surface area contributed by atoms with Crippen LogP contribution in [0.3, 0.4) is 0 Å². The molecule has 0 radical (unpaired) electrons. The van der Waals surface area contributed by atoms with Gasteiger partial charge in [-0.15, -0.1) is 0 Å². The van der Waals surface area contributed by atoms with Crippen LogP contribution in [0.2, 0.25) is 0 Å². The second-order valence-corrected chi connectivity index (χ2v) is 9.63. The van der Waals surface area contributed by atoms with E-state index in [-0.39, 0.29) is 47.6 Å². The molecule has 3 aliphatic heterocycles. The molecule has 3 amide bonds. The van der Waals surface area contributed by atoms with Crippen molar-refractivity contribution in [2.24, 2.45) is 0 Å². The van der Waals surface area contributed by atoms with Crippen LogP contribution in [0.25, 0.3) is 11.4 Å². The highest BCUT2D eigenvalue weighted by molar-refractivity contribution is 5.99. The molecular weight excluding hydrogens is 467 g/mol. The number of aromatic nitrogens is 2. The molecule has 3 fully saturated rings. The Balaban J connectivity index is 1.19. The van der Waals surface area contributed by atoms with Crippen molar-refractivity contribution < 1.29 is 32.0 Å². The van der Waals surface area contributed by atoms with Crippen LogP contribution in [-0.2, 0) is 17.5 Å². The number of likely N-dealkylation sites (tertiary alicyclic amines) is 1. The maximum Gasteiger partial charge on any atom is 0.471 e. The fourth-order valence-corrected chi connectivity index (χ4v) is 5.73. The number of carbonyl (C=O) groups is 2. The molecule has 0 spiro atoms. The minimum atomic E-state index is -4.74. The maximum atomic E-state index is 13.4. The Bertz CT molecular complexity index is 1170. The van der Waals surface area contributed by atoms with Gasteiger partial charge in [-0.05, 0) is 30.9 Å². The third-order valence-electron chi connectivity index (χ3n) is 7.47. The standard InChI is InChI=1S/C23H24F3N5O4/c24-23(25,26)21-28-19(29-35-21)12-5-6-13-9-31(20(32)16(13)7-12)18-4-2-1-3-17(18)27-22(33)30-10-15-8-14(30)11-34-15/h5-7,14-15,17-18H,1-4,8-11H2,(H,27,33)/t14?,15?,17-,18-/m1/s1. The number of ether oxygens (including phenoxy) is 1. The minimum Gasteiger partial charge on any atom is -0.374 e. The lowest BCUT2D eigenvalue weighted by atomic mass is 9.89. The highest BCUT2D eigenvalue weighted by Crippen LogP contribution is 2.35. The average Bonchev–Trinajstić information content (AvgIpc) is 3.63. The molecule has 9 nitrogen and oxygen atoms in total. The van der Waals surface area contributed by atoms with Crippen LogP contribution >= 0.6 is 0 Å². The van der Waals surface area contributed by atoms with Gasteiger partial charge in [-0.2, -0.15) is 18.2 Å². The highest BCUT2D eigenvalue weighted by atomic mass is 19.4. The average molecular weight is 491 g/mol. The number of benzene rings is 1. The number of nitrogens with zero attached hydrogens (tertiary/aromatic N) is 4. The van der Waals surface area contributed by atoms with Crippen molar-refractivity contribution in [1.29, 1.82) is 0 Å². The summed E-state index contributed by atoms with van der Waals surface area (Å²) in [4.78, 5) is 33.4. The highest BCUT2D eigenvalue weighted by Gasteiger charge is 2.44. The van der Waals surface area contributed by atoms with Gasteiger partial charge in [0.2, 0.25) is 5.82 Å². The molecule has 1 aromatic heterocycles. The zero-order chi connectivity index (χ0) is 24.3. The minimum absolute atomic E-state index is 0.110. The predicted molar refractivity (Wildman–Crippen MR) is 114 cm³/mol. The lowest BCUT2D eigenvalue weighted by Gasteiger charge is -2.39. The second kappa shape index (κ2) is 8.21. The van der Waals surface area contributed by atoms with Crippen LogP contribution < -0.4 is 5.32 Å². The number of urea groups is 1. The van der Waals surface area contributed by atoms with Gasteiger partial charge in [0, 0.05) is 24.2 Å². The largest absolute Gasteiger partial charge is 0.471 e. The number of fused-ring (bicyclic) bond motifs is 3. The molecule has 4 aliphatic rings. The Morgan fingerprint density at radius 3 is 2.74 bits per heavy atom. The number of carbonyl (C=O) groups excluding carboxylic acids is 2. The van der Waals surface area contributed by atoms with Crippen LogP contribution in [0, 0.1) is 0 Å². The van der Waals surface area contributed by atoms with Crippen molar-refractivity contribution in [3.63, 3.8) is 0 Å². The number of amides is 3. The van der Waals surface area contributed by atoms with E-state index in [4.69, 9.17) is 4.74 Å². The van der Waals surface area contributed by atoms with E-state index in [0.717, 1.165) is 37.7 Å². The van der Waals surface area contributed by atoms with Crippen molar-refractivity contribution in [3.05, 3.63) is 35.2 Å². The molecule has 1 saturated carbocycles. The van der Waals surface area contributed by atoms with E-state index in [1.54, 1.807) is 17.0 Å². The molecule has 2 saturated heterocycles. The third kappa shape index (κ3) is 3.93. The molecule has 2 aromatic rings. The number of hydrogen-bond donors (Lipinski definition) is 1. The van der Waals surface area contributed by atoms with Crippen LogP contribution in [0.4, 0.5) is 18.0 Å². The predicted octanol–water partition coefficient (Wildman–Crippen LogP) is 3.21. The monoisotopic (exact) mass is 491 g/mol. The zero-order valence-electron chi connectivity index (χ0n) is 18.8. The van der Waals surface area contributed by atoms with E-state index >= 15 is 0 Å². The van der Waals surface area contributed by atoms with Gasteiger partial charge in [-0.3, -0.25) is 4.79 Å². The van der Waals surface area contributed by atoms with Crippen LogP contribution in [-0.4, -0.2) is 69.3 Å². The first kappa shape index (κ1) is 22.3. The van der Waals surface area contributed by atoms with Crippen molar-refractivity contribution in [1.82, 2.24) is 25.3 Å². The Kier molecular flexibility index (Phi) is 5.24. The first-order valence-corrected chi connectivity index (χ1v) is 11.8. The molecular formula is C23H24F3N5O4. The van der Waals surface area contributed by atoms with Crippen molar-refractivity contribution >= 4 is 11.9 Å². The van der Waals surface area contributed by atoms with Gasteiger partial charge in [0.05, 0.1) is 30.8 Å². The van der Waals surface area contributed by atoms with Crippen LogP contribution in [0.1, 0.15) is 53.9 Å². The van der Waals surface area contributed by atoms with E-state index < -0.39 is 12.1 Å². The summed E-state index contributed by atoms with van der Waals surface area (Å²) in [5.41, 5.74) is 1.46. The van der Waals surface area contributed by atoms with Gasteiger partial charge in [-0.25, -0.2) is 4.79 Å². The van der Waals surface area contributed by atoms with Crippen molar-refractivity contribution in [3.8, 4) is 11.4 Å². The van der Waals surface area contributed by atoms with Crippen LogP contribution in [0.15, 0.2) is 22.7 Å². The van der Waals surface area contributed by atoms with Gasteiger partial charge >= 0.3 is 18.1 Å². The van der Waals surface area contributed by atoms with Crippen LogP contribution in [0.5, 0.6) is 0 Å². The van der Waals surface area contributed by atoms with Crippen molar-refractivity contribution in [2.45, 2.75) is 69.1 Å². The summed E-state index contributed by atoms with van der Waals surface area (Å²) in [7, 11) is 0. The molecule has 4 atom stereocenters. The summed E-state index contributed by atoms with van der Waals surface area (Å²) in [6.45, 7) is 1.55. The third-order valence-corrected chi connectivity index (χ3v) is 7.47.